The molecule has 124 valence electrons. The maximum absolute atomic E-state index is 5.20. The summed E-state index contributed by atoms with van der Waals surface area (Å²) in [5, 5.41) is 17.3. The van der Waals surface area contributed by atoms with E-state index in [-0.39, 0.29) is 0 Å². The molecule has 0 fully saturated rings. The summed E-state index contributed by atoms with van der Waals surface area (Å²) in [6, 6.07) is 26.7. The number of benzene rings is 3. The van der Waals surface area contributed by atoms with E-state index in [0.29, 0.717) is 0 Å². The number of nitrogens with zero attached hydrogens (tertiary/aromatic N) is 4. The summed E-state index contributed by atoms with van der Waals surface area (Å²) < 4.78 is 5.20. The Bertz CT molecular complexity index is 781. The van der Waals surface area contributed by atoms with E-state index in [4.69, 9.17) is 4.74 Å². The van der Waals surface area contributed by atoms with E-state index in [1.165, 1.54) is 0 Å². The van der Waals surface area contributed by atoms with E-state index in [1.54, 1.807) is 7.11 Å². The van der Waals surface area contributed by atoms with E-state index in [2.05, 4.69) is 20.5 Å². The Morgan fingerprint density at radius 3 is 1.56 bits per heavy atom. The minimum Gasteiger partial charge on any atom is -0.497 e. The smallest absolute Gasteiger partial charge is 0.206 e. The second-order valence-corrected chi connectivity index (χ2v) is 5.25. The lowest BCUT2D eigenvalue weighted by atomic mass is 10.2. The van der Waals surface area contributed by atoms with Crippen molar-refractivity contribution in [1.29, 1.82) is 0 Å². The Morgan fingerprint density at radius 1 is 0.640 bits per heavy atom. The molecule has 3 aromatic rings. The van der Waals surface area contributed by atoms with Crippen LogP contribution in [-0.2, 0) is 0 Å². The summed E-state index contributed by atoms with van der Waals surface area (Å²) in [5.41, 5.74) is 2.44. The second-order valence-electron chi connectivity index (χ2n) is 5.25. The first-order valence-corrected chi connectivity index (χ1v) is 7.91. The van der Waals surface area contributed by atoms with Crippen LogP contribution < -0.4 is 4.74 Å². The van der Waals surface area contributed by atoms with Crippen LogP contribution in [0.15, 0.2) is 105 Å². The van der Waals surface area contributed by atoms with E-state index < -0.39 is 6.17 Å². The van der Waals surface area contributed by atoms with Crippen molar-refractivity contribution >= 4 is 11.4 Å². The highest BCUT2D eigenvalue weighted by Gasteiger charge is 2.09. The van der Waals surface area contributed by atoms with Crippen molar-refractivity contribution < 1.29 is 4.74 Å². The van der Waals surface area contributed by atoms with Gasteiger partial charge >= 0.3 is 0 Å². The lowest BCUT2D eigenvalue weighted by Gasteiger charge is -2.07. The number of hydrogen-bond acceptors (Lipinski definition) is 5. The predicted octanol–water partition coefficient (Wildman–Crippen LogP) is 6.26. The molecular weight excluding hydrogens is 312 g/mol. The van der Waals surface area contributed by atoms with Crippen LogP contribution in [0, 0.1) is 0 Å². The van der Waals surface area contributed by atoms with Crippen LogP contribution in [0.5, 0.6) is 5.75 Å². The fourth-order valence-electron chi connectivity index (χ4n) is 2.16. The molecule has 0 spiro atoms. The maximum atomic E-state index is 5.20. The molecule has 3 rings (SSSR count). The Morgan fingerprint density at radius 2 is 1.12 bits per heavy atom. The largest absolute Gasteiger partial charge is 0.497 e. The minimum atomic E-state index is -0.522. The molecular formula is C20H18N4O. The standard InChI is InChI=1S/C20H18N4O/c1-25-19-14-12-16(13-15-19)20(23-21-17-8-4-2-5-9-17)24-22-18-10-6-3-7-11-18/h2-15,20H,1H3. The molecule has 0 unspecified atom stereocenters. The van der Waals surface area contributed by atoms with Gasteiger partial charge in [0.1, 0.15) is 5.75 Å². The maximum Gasteiger partial charge on any atom is 0.206 e. The minimum absolute atomic E-state index is 0.522. The molecule has 0 aliphatic carbocycles. The molecule has 0 heterocycles. The average molecular weight is 330 g/mol. The van der Waals surface area contributed by atoms with Gasteiger partial charge in [-0.3, -0.25) is 0 Å². The van der Waals surface area contributed by atoms with Crippen LogP contribution in [0.2, 0.25) is 0 Å². The molecule has 5 heteroatoms. The van der Waals surface area contributed by atoms with Crippen LogP contribution in [0.25, 0.3) is 0 Å². The molecule has 0 saturated carbocycles. The van der Waals surface area contributed by atoms with Crippen LogP contribution in [0.1, 0.15) is 11.7 Å². The van der Waals surface area contributed by atoms with Crippen LogP contribution in [0.4, 0.5) is 11.4 Å². The number of ether oxygens (including phenoxy) is 1. The van der Waals surface area contributed by atoms with E-state index in [1.807, 2.05) is 84.9 Å². The SMILES string of the molecule is COc1ccc(C(N=Nc2ccccc2)N=Nc2ccccc2)cc1. The highest BCUT2D eigenvalue weighted by Crippen LogP contribution is 2.26. The van der Waals surface area contributed by atoms with E-state index in [0.717, 1.165) is 22.7 Å². The molecule has 0 radical (unpaired) electrons. The third-order valence-electron chi connectivity index (χ3n) is 3.49. The molecule has 0 aromatic heterocycles. The van der Waals surface area contributed by atoms with Crippen LogP contribution in [0.3, 0.4) is 0 Å². The van der Waals surface area contributed by atoms with Crippen molar-refractivity contribution in [3.8, 4) is 5.75 Å². The third kappa shape index (κ3) is 4.81. The van der Waals surface area contributed by atoms with Gasteiger partial charge < -0.3 is 4.74 Å². The van der Waals surface area contributed by atoms with Crippen molar-refractivity contribution in [3.63, 3.8) is 0 Å². The van der Waals surface area contributed by atoms with Gasteiger partial charge in [0, 0.05) is 5.56 Å². The molecule has 0 atom stereocenters. The molecule has 3 aromatic carbocycles. The Hall–Kier alpha value is -3.34. The highest BCUT2D eigenvalue weighted by molar-refractivity contribution is 5.36. The quantitative estimate of drug-likeness (QED) is 0.492. The Labute approximate surface area is 146 Å². The average Bonchev–Trinajstić information content (AvgIpc) is 2.70. The molecule has 0 amide bonds. The molecule has 0 bridgehead atoms. The fraction of sp³-hybridized carbons (Fsp3) is 0.100. The lowest BCUT2D eigenvalue weighted by Crippen LogP contribution is -1.91. The number of azo groups is 2. The zero-order valence-corrected chi connectivity index (χ0v) is 13.9. The first kappa shape index (κ1) is 16.5. The number of methoxy groups -OCH3 is 1. The lowest BCUT2D eigenvalue weighted by molar-refractivity contribution is 0.414. The van der Waals surface area contributed by atoms with Gasteiger partial charge in [0.15, 0.2) is 0 Å². The van der Waals surface area contributed by atoms with Crippen LogP contribution in [-0.4, -0.2) is 7.11 Å². The summed E-state index contributed by atoms with van der Waals surface area (Å²) >= 11 is 0. The van der Waals surface area contributed by atoms with Gasteiger partial charge in [-0.05, 0) is 36.4 Å². The summed E-state index contributed by atoms with van der Waals surface area (Å²) in [4.78, 5) is 0. The first-order valence-electron chi connectivity index (χ1n) is 7.91. The zero-order valence-electron chi connectivity index (χ0n) is 13.9. The van der Waals surface area contributed by atoms with Crippen molar-refractivity contribution in [3.05, 3.63) is 90.5 Å². The molecule has 0 aliphatic heterocycles. The normalized spacial score (nSPS) is 12.5. The van der Waals surface area contributed by atoms with Gasteiger partial charge in [0.25, 0.3) is 0 Å². The topological polar surface area (TPSA) is 58.7 Å². The van der Waals surface area contributed by atoms with Crippen molar-refractivity contribution in [2.75, 3.05) is 7.11 Å². The van der Waals surface area contributed by atoms with Crippen molar-refractivity contribution in [2.45, 2.75) is 6.17 Å². The Balaban J connectivity index is 1.87. The van der Waals surface area contributed by atoms with Gasteiger partial charge in [-0.2, -0.15) is 20.5 Å². The highest BCUT2D eigenvalue weighted by atomic mass is 16.5. The molecule has 0 aliphatic rings. The van der Waals surface area contributed by atoms with Gasteiger partial charge in [0.2, 0.25) is 6.17 Å². The van der Waals surface area contributed by atoms with Gasteiger partial charge in [-0.25, -0.2) is 0 Å². The van der Waals surface area contributed by atoms with Gasteiger partial charge in [0.05, 0.1) is 18.5 Å². The van der Waals surface area contributed by atoms with Gasteiger partial charge in [-0.1, -0.05) is 48.5 Å². The predicted molar refractivity (Wildman–Crippen MR) is 97.7 cm³/mol. The molecule has 0 N–H and O–H groups in total. The third-order valence-corrected chi connectivity index (χ3v) is 3.49. The molecule has 5 nitrogen and oxygen atoms in total. The fourth-order valence-corrected chi connectivity index (χ4v) is 2.16. The first-order chi connectivity index (χ1) is 12.3. The molecule has 0 saturated heterocycles. The summed E-state index contributed by atoms with van der Waals surface area (Å²) in [7, 11) is 1.64. The monoisotopic (exact) mass is 330 g/mol. The van der Waals surface area contributed by atoms with Gasteiger partial charge in [-0.15, -0.1) is 0 Å². The Kier molecular flexibility index (Phi) is 5.61. The van der Waals surface area contributed by atoms with Crippen molar-refractivity contribution in [2.24, 2.45) is 20.5 Å². The van der Waals surface area contributed by atoms with Crippen molar-refractivity contribution in [1.82, 2.24) is 0 Å². The summed E-state index contributed by atoms with van der Waals surface area (Å²) in [6.45, 7) is 0. The van der Waals surface area contributed by atoms with E-state index in [9.17, 15) is 0 Å². The zero-order chi connectivity index (χ0) is 17.3. The number of hydrogen-bond donors (Lipinski definition) is 0. The second kappa shape index (κ2) is 8.49. The molecule has 25 heavy (non-hydrogen) atoms. The van der Waals surface area contributed by atoms with E-state index >= 15 is 0 Å². The summed E-state index contributed by atoms with van der Waals surface area (Å²) in [6.07, 6.45) is -0.522. The van der Waals surface area contributed by atoms with Crippen LogP contribution >= 0.6 is 0 Å². The summed E-state index contributed by atoms with van der Waals surface area (Å²) in [5.74, 6) is 0.780. The number of rotatable bonds is 6.